The number of amides is 2. The Hall–Kier alpha value is -1.43. The highest BCUT2D eigenvalue weighted by atomic mass is 32.1. The minimum atomic E-state index is -0.433. The molecule has 5 nitrogen and oxygen atoms in total. The summed E-state index contributed by atoms with van der Waals surface area (Å²) in [5.74, 6) is 0.276. The molecule has 1 aromatic heterocycles. The maximum Gasteiger partial charge on any atom is 0.246 e. The number of hydrogen-bond donors (Lipinski definition) is 1. The van der Waals surface area contributed by atoms with Gasteiger partial charge in [-0.15, -0.1) is 11.3 Å². The fourth-order valence-electron chi connectivity index (χ4n) is 2.22. The van der Waals surface area contributed by atoms with E-state index < -0.39 is 12.1 Å². The Morgan fingerprint density at radius 2 is 2.21 bits per heavy atom. The summed E-state index contributed by atoms with van der Waals surface area (Å²) in [6.07, 6.45) is 0.671. The molecule has 1 fully saturated rings. The number of aromatic nitrogens is 1. The molecule has 2 amide bonds. The first-order chi connectivity index (χ1) is 8.99. The van der Waals surface area contributed by atoms with Crippen LogP contribution < -0.4 is 5.32 Å². The summed E-state index contributed by atoms with van der Waals surface area (Å²) in [5.41, 5.74) is 2.57. The molecule has 2 rings (SSSR count). The first kappa shape index (κ1) is 14.0. The molecule has 0 radical (unpaired) electrons. The number of carbonyl (C=O) groups is 2. The predicted octanol–water partition coefficient (Wildman–Crippen LogP) is 1.40. The van der Waals surface area contributed by atoms with Gasteiger partial charge in [-0.3, -0.25) is 9.59 Å². The van der Waals surface area contributed by atoms with Crippen molar-refractivity contribution in [3.05, 3.63) is 16.6 Å². The van der Waals surface area contributed by atoms with Crippen LogP contribution in [0.15, 0.2) is 10.9 Å². The summed E-state index contributed by atoms with van der Waals surface area (Å²) in [6.45, 7) is 6.25. The fourth-order valence-corrected chi connectivity index (χ4v) is 2.77. The van der Waals surface area contributed by atoms with E-state index in [1.165, 1.54) is 11.3 Å². The molecule has 104 valence electrons. The lowest BCUT2D eigenvalue weighted by Crippen LogP contribution is -2.62. The van der Waals surface area contributed by atoms with Gasteiger partial charge in [0.1, 0.15) is 12.1 Å². The van der Waals surface area contributed by atoms with Crippen molar-refractivity contribution in [2.24, 2.45) is 5.92 Å². The van der Waals surface area contributed by atoms with Crippen LogP contribution in [0.1, 0.15) is 32.9 Å². The van der Waals surface area contributed by atoms with Gasteiger partial charge >= 0.3 is 0 Å². The normalized spacial score (nSPS) is 23.9. The SMILES string of the molecule is CC(C)CC1NC(=O)C(C)N(Cc2cscn2)C1=O. The van der Waals surface area contributed by atoms with Crippen molar-refractivity contribution in [3.8, 4) is 0 Å². The van der Waals surface area contributed by atoms with Gasteiger partial charge in [0.05, 0.1) is 17.7 Å². The molecule has 1 aliphatic rings. The molecule has 2 unspecified atom stereocenters. The Labute approximate surface area is 117 Å². The lowest BCUT2D eigenvalue weighted by molar-refractivity contribution is -0.149. The standard InChI is InChI=1S/C13H19N3O2S/c1-8(2)4-11-13(18)16(9(3)12(17)15-11)5-10-6-19-7-14-10/h6-9,11H,4-5H2,1-3H3,(H,15,17). The molecule has 19 heavy (non-hydrogen) atoms. The summed E-state index contributed by atoms with van der Waals surface area (Å²) >= 11 is 1.49. The van der Waals surface area contributed by atoms with E-state index in [0.717, 1.165) is 5.69 Å². The van der Waals surface area contributed by atoms with E-state index in [1.54, 1.807) is 17.3 Å². The smallest absolute Gasteiger partial charge is 0.246 e. The Bertz CT molecular complexity index is 458. The van der Waals surface area contributed by atoms with Gasteiger partial charge in [-0.2, -0.15) is 0 Å². The van der Waals surface area contributed by atoms with Crippen LogP contribution in [-0.4, -0.2) is 33.8 Å². The van der Waals surface area contributed by atoms with Crippen molar-refractivity contribution < 1.29 is 9.59 Å². The van der Waals surface area contributed by atoms with Crippen LogP contribution in [0.4, 0.5) is 0 Å². The second-order valence-corrected chi connectivity index (χ2v) is 6.03. The van der Waals surface area contributed by atoms with E-state index in [4.69, 9.17) is 0 Å². The zero-order valence-corrected chi connectivity index (χ0v) is 12.2. The van der Waals surface area contributed by atoms with Crippen LogP contribution in [0.3, 0.4) is 0 Å². The lowest BCUT2D eigenvalue weighted by atomic mass is 9.99. The summed E-state index contributed by atoms with van der Waals surface area (Å²) in [5, 5.41) is 4.72. The van der Waals surface area contributed by atoms with E-state index >= 15 is 0 Å². The van der Waals surface area contributed by atoms with Crippen LogP contribution in [0.5, 0.6) is 0 Å². The number of hydrogen-bond acceptors (Lipinski definition) is 4. The van der Waals surface area contributed by atoms with Gasteiger partial charge < -0.3 is 10.2 Å². The molecule has 0 saturated carbocycles. The number of thiazole rings is 1. The van der Waals surface area contributed by atoms with Crippen molar-refractivity contribution in [2.75, 3.05) is 0 Å². The number of piperazine rings is 1. The summed E-state index contributed by atoms with van der Waals surface area (Å²) in [7, 11) is 0. The average Bonchev–Trinajstić information content (AvgIpc) is 2.84. The van der Waals surface area contributed by atoms with E-state index in [9.17, 15) is 9.59 Å². The third-order valence-electron chi connectivity index (χ3n) is 3.27. The molecule has 6 heteroatoms. The number of nitrogens with one attached hydrogen (secondary N) is 1. The van der Waals surface area contributed by atoms with Gasteiger partial charge in [-0.05, 0) is 19.3 Å². The Kier molecular flexibility index (Phi) is 4.19. The average molecular weight is 281 g/mol. The predicted molar refractivity (Wildman–Crippen MR) is 73.5 cm³/mol. The van der Waals surface area contributed by atoms with Crippen molar-refractivity contribution in [1.82, 2.24) is 15.2 Å². The third-order valence-corrected chi connectivity index (χ3v) is 3.90. The Morgan fingerprint density at radius 3 is 2.79 bits per heavy atom. The van der Waals surface area contributed by atoms with Crippen molar-refractivity contribution in [1.29, 1.82) is 0 Å². The quantitative estimate of drug-likeness (QED) is 0.907. The maximum atomic E-state index is 12.4. The largest absolute Gasteiger partial charge is 0.343 e. The molecule has 2 atom stereocenters. The highest BCUT2D eigenvalue weighted by Crippen LogP contribution is 2.18. The van der Waals surface area contributed by atoms with Gasteiger partial charge in [0.15, 0.2) is 0 Å². The molecule has 0 spiro atoms. The third kappa shape index (κ3) is 3.12. The Balaban J connectivity index is 2.14. The molecule has 1 aliphatic heterocycles. The van der Waals surface area contributed by atoms with E-state index in [2.05, 4.69) is 10.3 Å². The maximum absolute atomic E-state index is 12.4. The van der Waals surface area contributed by atoms with Crippen molar-refractivity contribution in [3.63, 3.8) is 0 Å². The molecule has 0 aliphatic carbocycles. The van der Waals surface area contributed by atoms with E-state index in [1.807, 2.05) is 19.2 Å². The highest BCUT2D eigenvalue weighted by molar-refractivity contribution is 7.07. The molecule has 1 N–H and O–H groups in total. The number of nitrogens with zero attached hydrogens (tertiary/aromatic N) is 2. The summed E-state index contributed by atoms with van der Waals surface area (Å²) < 4.78 is 0. The van der Waals surface area contributed by atoms with Gasteiger partial charge in [0.2, 0.25) is 11.8 Å². The van der Waals surface area contributed by atoms with E-state index in [0.29, 0.717) is 18.9 Å². The molecule has 1 aromatic rings. The van der Waals surface area contributed by atoms with Gasteiger partial charge in [-0.25, -0.2) is 4.98 Å². The zero-order chi connectivity index (χ0) is 14.0. The second-order valence-electron chi connectivity index (χ2n) is 5.31. The van der Waals surface area contributed by atoms with Crippen LogP contribution in [0.2, 0.25) is 0 Å². The molecule has 0 bridgehead atoms. The first-order valence-electron chi connectivity index (χ1n) is 6.47. The lowest BCUT2D eigenvalue weighted by Gasteiger charge is -2.37. The molecular formula is C13H19N3O2S. The minimum absolute atomic E-state index is 0.00574. The molecule has 2 heterocycles. The van der Waals surface area contributed by atoms with Crippen molar-refractivity contribution in [2.45, 2.75) is 45.8 Å². The topological polar surface area (TPSA) is 62.3 Å². The van der Waals surface area contributed by atoms with Gasteiger partial charge in [0.25, 0.3) is 0 Å². The minimum Gasteiger partial charge on any atom is -0.343 e. The van der Waals surface area contributed by atoms with Crippen LogP contribution in [0, 0.1) is 5.92 Å². The van der Waals surface area contributed by atoms with Crippen LogP contribution >= 0.6 is 11.3 Å². The monoisotopic (exact) mass is 281 g/mol. The van der Waals surface area contributed by atoms with E-state index in [-0.39, 0.29) is 11.8 Å². The number of rotatable bonds is 4. The first-order valence-corrected chi connectivity index (χ1v) is 7.41. The van der Waals surface area contributed by atoms with Gasteiger partial charge in [0, 0.05) is 5.38 Å². The van der Waals surface area contributed by atoms with Crippen LogP contribution in [0.25, 0.3) is 0 Å². The molecule has 1 saturated heterocycles. The summed E-state index contributed by atoms with van der Waals surface area (Å²) in [6, 6.07) is -0.833. The van der Waals surface area contributed by atoms with Crippen molar-refractivity contribution >= 4 is 23.2 Å². The number of carbonyl (C=O) groups excluding carboxylic acids is 2. The Morgan fingerprint density at radius 1 is 1.47 bits per heavy atom. The molecule has 0 aromatic carbocycles. The van der Waals surface area contributed by atoms with Crippen LogP contribution in [-0.2, 0) is 16.1 Å². The fraction of sp³-hybridized carbons (Fsp3) is 0.615. The summed E-state index contributed by atoms with van der Waals surface area (Å²) in [4.78, 5) is 30.2. The van der Waals surface area contributed by atoms with Gasteiger partial charge in [-0.1, -0.05) is 13.8 Å². The molecular weight excluding hydrogens is 262 g/mol. The zero-order valence-electron chi connectivity index (χ0n) is 11.4. The second kappa shape index (κ2) is 5.69. The highest BCUT2D eigenvalue weighted by Gasteiger charge is 2.38.